The standard InChI is InChI=1S/C18H17N3O2/c19-10-16-13(5-8-21(16)17(22)23)12-3-4-15-14(9-12)18(11-20-15)6-1-2-7-18/h3-5,8-9,20H,1-2,6-7,11H2,(H,22,23). The van der Waals surface area contributed by atoms with E-state index in [1.54, 1.807) is 6.07 Å². The number of rotatable bonds is 1. The predicted molar refractivity (Wildman–Crippen MR) is 86.6 cm³/mol. The summed E-state index contributed by atoms with van der Waals surface area (Å²) in [5, 5.41) is 22.0. The van der Waals surface area contributed by atoms with Crippen molar-refractivity contribution >= 4 is 11.8 Å². The number of benzene rings is 1. The number of hydrogen-bond acceptors (Lipinski definition) is 3. The van der Waals surface area contributed by atoms with Crippen LogP contribution in [0.5, 0.6) is 0 Å². The van der Waals surface area contributed by atoms with Gasteiger partial charge in [-0.1, -0.05) is 18.9 Å². The summed E-state index contributed by atoms with van der Waals surface area (Å²) in [5.41, 5.74) is 4.47. The molecule has 0 unspecified atom stereocenters. The van der Waals surface area contributed by atoms with Crippen LogP contribution >= 0.6 is 0 Å². The minimum Gasteiger partial charge on any atom is -0.464 e. The van der Waals surface area contributed by atoms with Gasteiger partial charge in [0.25, 0.3) is 0 Å². The fourth-order valence-corrected chi connectivity index (χ4v) is 4.10. The molecule has 0 atom stereocenters. The highest BCUT2D eigenvalue weighted by molar-refractivity contribution is 5.80. The summed E-state index contributed by atoms with van der Waals surface area (Å²) in [6.45, 7) is 0.979. The van der Waals surface area contributed by atoms with Gasteiger partial charge in [0.2, 0.25) is 0 Å². The lowest BCUT2D eigenvalue weighted by molar-refractivity contribution is 0.196. The van der Waals surface area contributed by atoms with Gasteiger partial charge in [-0.25, -0.2) is 9.36 Å². The zero-order chi connectivity index (χ0) is 16.0. The highest BCUT2D eigenvalue weighted by Gasteiger charge is 2.41. The fourth-order valence-electron chi connectivity index (χ4n) is 4.10. The third-order valence-electron chi connectivity index (χ3n) is 5.28. The fraction of sp³-hybridized carbons (Fsp3) is 0.333. The molecule has 0 saturated heterocycles. The number of hydrogen-bond donors (Lipinski definition) is 2. The van der Waals surface area contributed by atoms with Crippen molar-refractivity contribution in [1.29, 1.82) is 5.26 Å². The van der Waals surface area contributed by atoms with E-state index in [1.807, 2.05) is 12.1 Å². The summed E-state index contributed by atoms with van der Waals surface area (Å²) >= 11 is 0. The Morgan fingerprint density at radius 1 is 1.30 bits per heavy atom. The van der Waals surface area contributed by atoms with Crippen LogP contribution in [0.2, 0.25) is 0 Å². The molecule has 0 bridgehead atoms. The smallest absolute Gasteiger partial charge is 0.416 e. The van der Waals surface area contributed by atoms with Crippen LogP contribution in [0.4, 0.5) is 10.5 Å². The average Bonchev–Trinajstić information content (AvgIpc) is 3.27. The van der Waals surface area contributed by atoms with Gasteiger partial charge in [0.05, 0.1) is 0 Å². The number of fused-ring (bicyclic) bond motifs is 2. The van der Waals surface area contributed by atoms with Crippen molar-refractivity contribution in [2.45, 2.75) is 31.1 Å². The zero-order valence-corrected chi connectivity index (χ0v) is 12.7. The molecular formula is C18H17N3O2. The third-order valence-corrected chi connectivity index (χ3v) is 5.28. The van der Waals surface area contributed by atoms with E-state index in [0.29, 0.717) is 5.56 Å². The van der Waals surface area contributed by atoms with E-state index in [4.69, 9.17) is 0 Å². The molecule has 5 nitrogen and oxygen atoms in total. The lowest BCUT2D eigenvalue weighted by atomic mass is 9.80. The molecule has 23 heavy (non-hydrogen) atoms. The molecule has 5 heteroatoms. The van der Waals surface area contributed by atoms with Crippen molar-refractivity contribution in [3.63, 3.8) is 0 Å². The maximum Gasteiger partial charge on any atom is 0.416 e. The van der Waals surface area contributed by atoms with Crippen molar-refractivity contribution in [2.24, 2.45) is 0 Å². The molecule has 1 aliphatic heterocycles. The predicted octanol–water partition coefficient (Wildman–Crippen LogP) is 3.79. The Balaban J connectivity index is 1.84. The number of carboxylic acid groups (broad SMARTS) is 1. The van der Waals surface area contributed by atoms with Gasteiger partial charge in [0.15, 0.2) is 0 Å². The molecule has 1 spiro atoms. The number of nitrogens with one attached hydrogen (secondary N) is 1. The monoisotopic (exact) mass is 307 g/mol. The summed E-state index contributed by atoms with van der Waals surface area (Å²) in [5.74, 6) is 0. The van der Waals surface area contributed by atoms with Crippen molar-refractivity contribution in [1.82, 2.24) is 4.57 Å². The Morgan fingerprint density at radius 3 is 2.78 bits per heavy atom. The molecule has 116 valence electrons. The second-order valence-corrected chi connectivity index (χ2v) is 6.44. The van der Waals surface area contributed by atoms with E-state index in [1.165, 1.54) is 43.1 Å². The first-order valence-electron chi connectivity index (χ1n) is 7.88. The number of carbonyl (C=O) groups is 1. The normalized spacial score (nSPS) is 17.7. The first-order chi connectivity index (χ1) is 11.1. The number of nitrogens with zero attached hydrogens (tertiary/aromatic N) is 2. The number of nitriles is 1. The van der Waals surface area contributed by atoms with Gasteiger partial charge in [-0.05, 0) is 42.2 Å². The molecule has 2 N–H and O–H groups in total. The van der Waals surface area contributed by atoms with Crippen LogP contribution in [-0.2, 0) is 5.41 Å². The van der Waals surface area contributed by atoms with Crippen LogP contribution < -0.4 is 5.32 Å². The van der Waals surface area contributed by atoms with Gasteiger partial charge in [0, 0.05) is 29.4 Å². The molecular weight excluding hydrogens is 290 g/mol. The molecule has 1 saturated carbocycles. The van der Waals surface area contributed by atoms with Gasteiger partial charge in [-0.3, -0.25) is 0 Å². The Hall–Kier alpha value is -2.74. The lowest BCUT2D eigenvalue weighted by Gasteiger charge is -2.23. The molecule has 1 aliphatic carbocycles. The Bertz CT molecular complexity index is 838. The molecule has 1 aromatic heterocycles. The van der Waals surface area contributed by atoms with E-state index >= 15 is 0 Å². The van der Waals surface area contributed by atoms with Crippen LogP contribution in [0, 0.1) is 11.3 Å². The highest BCUT2D eigenvalue weighted by Crippen LogP contribution is 2.49. The van der Waals surface area contributed by atoms with E-state index in [-0.39, 0.29) is 11.1 Å². The van der Waals surface area contributed by atoms with Gasteiger partial charge in [-0.15, -0.1) is 0 Å². The minimum atomic E-state index is -1.14. The molecule has 4 rings (SSSR count). The van der Waals surface area contributed by atoms with Gasteiger partial charge >= 0.3 is 6.09 Å². The van der Waals surface area contributed by atoms with Gasteiger partial charge in [-0.2, -0.15) is 5.26 Å². The molecule has 0 radical (unpaired) electrons. The molecule has 2 heterocycles. The lowest BCUT2D eigenvalue weighted by Crippen LogP contribution is -2.24. The third kappa shape index (κ3) is 1.95. The summed E-state index contributed by atoms with van der Waals surface area (Å²) in [7, 11) is 0. The van der Waals surface area contributed by atoms with Crippen LogP contribution in [-0.4, -0.2) is 22.3 Å². The minimum absolute atomic E-state index is 0.170. The average molecular weight is 307 g/mol. The first-order valence-corrected chi connectivity index (χ1v) is 7.88. The maximum absolute atomic E-state index is 11.2. The van der Waals surface area contributed by atoms with Crippen LogP contribution in [0.1, 0.15) is 36.9 Å². The number of anilines is 1. The number of aromatic nitrogens is 1. The summed E-state index contributed by atoms with van der Waals surface area (Å²) in [4.78, 5) is 11.2. The van der Waals surface area contributed by atoms with Crippen molar-refractivity contribution < 1.29 is 9.90 Å². The molecule has 2 aliphatic rings. The van der Waals surface area contributed by atoms with E-state index in [2.05, 4.69) is 17.4 Å². The summed E-state index contributed by atoms with van der Waals surface area (Å²) in [6, 6.07) is 9.88. The molecule has 1 aromatic carbocycles. The first kappa shape index (κ1) is 13.9. The van der Waals surface area contributed by atoms with Crippen LogP contribution in [0.3, 0.4) is 0 Å². The van der Waals surface area contributed by atoms with E-state index in [0.717, 1.165) is 16.7 Å². The van der Waals surface area contributed by atoms with Crippen LogP contribution in [0.15, 0.2) is 30.5 Å². The second kappa shape index (κ2) is 4.88. The van der Waals surface area contributed by atoms with Gasteiger partial charge < -0.3 is 10.4 Å². The molecule has 2 aromatic rings. The quantitative estimate of drug-likeness (QED) is 0.840. The topological polar surface area (TPSA) is 78.0 Å². The Kier molecular flexibility index (Phi) is 2.95. The Morgan fingerprint density at radius 2 is 2.09 bits per heavy atom. The summed E-state index contributed by atoms with van der Waals surface area (Å²) in [6.07, 6.45) is 5.19. The van der Waals surface area contributed by atoms with Gasteiger partial charge in [0.1, 0.15) is 11.8 Å². The molecule has 0 amide bonds. The maximum atomic E-state index is 11.2. The highest BCUT2D eigenvalue weighted by atomic mass is 16.4. The SMILES string of the molecule is N#Cc1c(-c2ccc3c(c2)C2(CCCC2)CN3)ccn1C(=O)O. The van der Waals surface area contributed by atoms with Crippen molar-refractivity contribution in [3.05, 3.63) is 41.7 Å². The van der Waals surface area contributed by atoms with Crippen molar-refractivity contribution in [2.75, 3.05) is 11.9 Å². The summed E-state index contributed by atoms with van der Waals surface area (Å²) < 4.78 is 0.978. The largest absolute Gasteiger partial charge is 0.464 e. The van der Waals surface area contributed by atoms with Crippen LogP contribution in [0.25, 0.3) is 11.1 Å². The Labute approximate surface area is 134 Å². The zero-order valence-electron chi connectivity index (χ0n) is 12.7. The molecule has 1 fully saturated rings. The van der Waals surface area contributed by atoms with Crippen molar-refractivity contribution in [3.8, 4) is 17.2 Å². The van der Waals surface area contributed by atoms with E-state index < -0.39 is 6.09 Å². The second-order valence-electron chi connectivity index (χ2n) is 6.44. The van der Waals surface area contributed by atoms with E-state index in [9.17, 15) is 15.2 Å².